The van der Waals surface area contributed by atoms with E-state index in [0.717, 1.165) is 11.1 Å². The van der Waals surface area contributed by atoms with Crippen LogP contribution in [0, 0.1) is 0 Å². The summed E-state index contributed by atoms with van der Waals surface area (Å²) < 4.78 is 11.8. The second kappa shape index (κ2) is 8.44. The van der Waals surface area contributed by atoms with Gasteiger partial charge in [-0.15, -0.1) is 0 Å². The van der Waals surface area contributed by atoms with Gasteiger partial charge in [-0.05, 0) is 29.8 Å². The first-order valence-electron chi connectivity index (χ1n) is 9.23. The SMILES string of the molecule is O=C(O)C/C(=C\c1ccccc1OCc1ccccc1)c1nc2ccccc2o1. The van der Waals surface area contributed by atoms with Gasteiger partial charge in [0.2, 0.25) is 5.89 Å². The molecule has 0 aliphatic carbocycles. The van der Waals surface area contributed by atoms with Crippen LogP contribution in [0.2, 0.25) is 0 Å². The van der Waals surface area contributed by atoms with Crippen molar-refractivity contribution in [3.05, 3.63) is 95.9 Å². The molecule has 3 aromatic carbocycles. The predicted octanol–water partition coefficient (Wildman–Crippen LogP) is 5.42. The molecule has 0 atom stereocenters. The highest BCUT2D eigenvalue weighted by Crippen LogP contribution is 2.29. The monoisotopic (exact) mass is 385 g/mol. The van der Waals surface area contributed by atoms with Crippen LogP contribution in [0.3, 0.4) is 0 Å². The second-order valence-electron chi connectivity index (χ2n) is 6.54. The van der Waals surface area contributed by atoms with Crippen molar-refractivity contribution < 1.29 is 19.1 Å². The molecule has 0 saturated carbocycles. The van der Waals surface area contributed by atoms with Gasteiger partial charge in [0, 0.05) is 11.1 Å². The molecule has 0 saturated heterocycles. The van der Waals surface area contributed by atoms with Crippen LogP contribution in [-0.4, -0.2) is 16.1 Å². The quantitative estimate of drug-likeness (QED) is 0.460. The van der Waals surface area contributed by atoms with Crippen LogP contribution in [-0.2, 0) is 11.4 Å². The van der Waals surface area contributed by atoms with E-state index in [-0.39, 0.29) is 6.42 Å². The van der Waals surface area contributed by atoms with E-state index >= 15 is 0 Å². The van der Waals surface area contributed by atoms with Crippen molar-refractivity contribution in [1.29, 1.82) is 0 Å². The number of aliphatic carboxylic acids is 1. The lowest BCUT2D eigenvalue weighted by atomic mass is 10.1. The molecule has 0 aliphatic rings. The maximum absolute atomic E-state index is 11.4. The molecule has 144 valence electrons. The molecular formula is C24H19NO4. The maximum atomic E-state index is 11.4. The van der Waals surface area contributed by atoms with Crippen molar-refractivity contribution in [3.8, 4) is 5.75 Å². The fraction of sp³-hybridized carbons (Fsp3) is 0.0833. The number of benzene rings is 3. The Kier molecular flexibility index (Phi) is 5.38. The van der Waals surface area contributed by atoms with E-state index in [0.29, 0.717) is 34.9 Å². The first-order valence-corrected chi connectivity index (χ1v) is 9.23. The third kappa shape index (κ3) is 4.52. The Bertz CT molecular complexity index is 1130. The summed E-state index contributed by atoms with van der Waals surface area (Å²) in [7, 11) is 0. The first-order chi connectivity index (χ1) is 14.2. The van der Waals surface area contributed by atoms with E-state index in [1.807, 2.05) is 72.8 Å². The van der Waals surface area contributed by atoms with Crippen LogP contribution in [0.5, 0.6) is 5.75 Å². The lowest BCUT2D eigenvalue weighted by Crippen LogP contribution is -1.99. The van der Waals surface area contributed by atoms with Crippen LogP contribution in [0.1, 0.15) is 23.4 Å². The molecule has 0 spiro atoms. The molecule has 4 aromatic rings. The summed E-state index contributed by atoms with van der Waals surface area (Å²) in [6, 6.07) is 24.7. The molecule has 0 radical (unpaired) electrons. The Balaban J connectivity index is 1.68. The number of carboxylic acid groups (broad SMARTS) is 1. The topological polar surface area (TPSA) is 72.6 Å². The summed E-state index contributed by atoms with van der Waals surface area (Å²) in [5.41, 5.74) is 3.60. The van der Waals surface area contributed by atoms with Gasteiger partial charge in [0.1, 0.15) is 17.9 Å². The molecule has 0 unspecified atom stereocenters. The summed E-state index contributed by atoms with van der Waals surface area (Å²) >= 11 is 0. The van der Waals surface area contributed by atoms with E-state index in [1.165, 1.54) is 0 Å². The normalized spacial score (nSPS) is 11.5. The average molecular weight is 385 g/mol. The van der Waals surface area contributed by atoms with Gasteiger partial charge in [-0.1, -0.05) is 60.7 Å². The minimum Gasteiger partial charge on any atom is -0.488 e. The molecule has 0 amide bonds. The molecule has 5 heteroatoms. The molecule has 1 heterocycles. The molecule has 1 aromatic heterocycles. The summed E-state index contributed by atoms with van der Waals surface area (Å²) in [6.45, 7) is 0.419. The van der Waals surface area contributed by atoms with Crippen molar-refractivity contribution in [2.75, 3.05) is 0 Å². The third-order valence-electron chi connectivity index (χ3n) is 4.40. The van der Waals surface area contributed by atoms with E-state index < -0.39 is 5.97 Å². The van der Waals surface area contributed by atoms with Crippen LogP contribution in [0.15, 0.2) is 83.3 Å². The lowest BCUT2D eigenvalue weighted by molar-refractivity contribution is -0.135. The van der Waals surface area contributed by atoms with Gasteiger partial charge >= 0.3 is 5.97 Å². The van der Waals surface area contributed by atoms with Crippen LogP contribution in [0.25, 0.3) is 22.7 Å². The Labute approximate surface area is 167 Å². The van der Waals surface area contributed by atoms with Gasteiger partial charge < -0.3 is 14.3 Å². The number of carbonyl (C=O) groups is 1. The second-order valence-corrected chi connectivity index (χ2v) is 6.54. The number of rotatable bonds is 7. The first kappa shape index (κ1) is 18.5. The maximum Gasteiger partial charge on any atom is 0.308 e. The van der Waals surface area contributed by atoms with Crippen LogP contribution in [0.4, 0.5) is 0 Å². The number of hydrogen-bond acceptors (Lipinski definition) is 4. The minimum atomic E-state index is -0.957. The van der Waals surface area contributed by atoms with Gasteiger partial charge in [0.25, 0.3) is 0 Å². The van der Waals surface area contributed by atoms with Gasteiger partial charge in [0.15, 0.2) is 5.58 Å². The van der Waals surface area contributed by atoms with E-state index in [4.69, 9.17) is 9.15 Å². The Morgan fingerprint density at radius 1 is 0.966 bits per heavy atom. The van der Waals surface area contributed by atoms with E-state index in [2.05, 4.69) is 4.98 Å². The number of nitrogens with zero attached hydrogens (tertiary/aromatic N) is 1. The molecule has 0 aliphatic heterocycles. The summed E-state index contributed by atoms with van der Waals surface area (Å²) in [4.78, 5) is 15.9. The van der Waals surface area contributed by atoms with Crippen molar-refractivity contribution in [3.63, 3.8) is 0 Å². The summed E-state index contributed by atoms with van der Waals surface area (Å²) in [6.07, 6.45) is 1.55. The zero-order valence-corrected chi connectivity index (χ0v) is 15.6. The number of hydrogen-bond donors (Lipinski definition) is 1. The highest BCUT2D eigenvalue weighted by atomic mass is 16.5. The molecular weight excluding hydrogens is 366 g/mol. The largest absolute Gasteiger partial charge is 0.488 e. The zero-order chi connectivity index (χ0) is 20.1. The molecule has 29 heavy (non-hydrogen) atoms. The van der Waals surface area contributed by atoms with Crippen molar-refractivity contribution in [2.45, 2.75) is 13.0 Å². The molecule has 5 nitrogen and oxygen atoms in total. The number of aromatic nitrogens is 1. The fourth-order valence-corrected chi connectivity index (χ4v) is 3.02. The number of fused-ring (bicyclic) bond motifs is 1. The van der Waals surface area contributed by atoms with E-state index in [9.17, 15) is 9.90 Å². The number of ether oxygens (including phenoxy) is 1. The van der Waals surface area contributed by atoms with Crippen LogP contribution >= 0.6 is 0 Å². The van der Waals surface area contributed by atoms with Gasteiger partial charge in [-0.2, -0.15) is 0 Å². The highest BCUT2D eigenvalue weighted by Gasteiger charge is 2.15. The van der Waals surface area contributed by atoms with Crippen molar-refractivity contribution >= 4 is 28.7 Å². The molecule has 0 fully saturated rings. The lowest BCUT2D eigenvalue weighted by Gasteiger charge is -2.10. The van der Waals surface area contributed by atoms with Crippen molar-refractivity contribution in [1.82, 2.24) is 4.98 Å². The average Bonchev–Trinajstić information content (AvgIpc) is 3.17. The number of carboxylic acids is 1. The van der Waals surface area contributed by atoms with Gasteiger partial charge in [0.05, 0.1) is 6.42 Å². The standard InChI is InChI=1S/C24H19NO4/c26-23(27)15-19(24-25-20-11-5-7-13-22(20)29-24)14-18-10-4-6-12-21(18)28-16-17-8-2-1-3-9-17/h1-14H,15-16H2,(H,26,27)/b19-14+. The smallest absolute Gasteiger partial charge is 0.308 e. The Morgan fingerprint density at radius 3 is 2.48 bits per heavy atom. The summed E-state index contributed by atoms with van der Waals surface area (Å²) in [5, 5.41) is 9.38. The Morgan fingerprint density at radius 2 is 1.69 bits per heavy atom. The minimum absolute atomic E-state index is 0.208. The summed E-state index contributed by atoms with van der Waals surface area (Å²) in [5.74, 6) is 0.00278. The fourth-order valence-electron chi connectivity index (χ4n) is 3.02. The molecule has 4 rings (SSSR count). The Hall–Kier alpha value is -3.86. The third-order valence-corrected chi connectivity index (χ3v) is 4.40. The van der Waals surface area contributed by atoms with Gasteiger partial charge in [-0.3, -0.25) is 4.79 Å². The van der Waals surface area contributed by atoms with Crippen molar-refractivity contribution in [2.24, 2.45) is 0 Å². The van der Waals surface area contributed by atoms with Crippen LogP contribution < -0.4 is 4.74 Å². The zero-order valence-electron chi connectivity index (χ0n) is 15.6. The highest BCUT2D eigenvalue weighted by molar-refractivity contribution is 5.91. The number of para-hydroxylation sites is 3. The van der Waals surface area contributed by atoms with E-state index in [1.54, 1.807) is 12.1 Å². The molecule has 1 N–H and O–H groups in total. The van der Waals surface area contributed by atoms with Gasteiger partial charge in [-0.25, -0.2) is 4.98 Å². The molecule has 0 bridgehead atoms. The number of oxazole rings is 1. The predicted molar refractivity (Wildman–Crippen MR) is 111 cm³/mol.